The predicted octanol–water partition coefficient (Wildman–Crippen LogP) is 3.72. The summed E-state index contributed by atoms with van der Waals surface area (Å²) in [6, 6.07) is 7.44. The zero-order valence-electron chi connectivity index (χ0n) is 9.88. The maximum absolute atomic E-state index is 9.64. The summed E-state index contributed by atoms with van der Waals surface area (Å²) in [7, 11) is 0. The SMILES string of the molecule is CC[C@H](O)c1ccc(Sc2ccc(Cl)cn2)cn1. The van der Waals surface area contributed by atoms with Crippen LogP contribution in [-0.2, 0) is 0 Å². The topological polar surface area (TPSA) is 46.0 Å². The summed E-state index contributed by atoms with van der Waals surface area (Å²) in [5.74, 6) is 0. The summed E-state index contributed by atoms with van der Waals surface area (Å²) in [4.78, 5) is 9.42. The molecule has 0 aliphatic rings. The van der Waals surface area contributed by atoms with E-state index in [1.807, 2.05) is 25.1 Å². The van der Waals surface area contributed by atoms with E-state index in [4.69, 9.17) is 11.6 Å². The standard InChI is InChI=1S/C13H13ClN2OS/c1-2-12(17)11-5-4-10(8-15-11)18-13-6-3-9(14)7-16-13/h3-8,12,17H,2H2,1H3/t12-/m0/s1. The Hall–Kier alpha value is -1.10. The van der Waals surface area contributed by atoms with Gasteiger partial charge in [-0.05, 0) is 30.7 Å². The molecule has 0 saturated carbocycles. The molecule has 2 heterocycles. The van der Waals surface area contributed by atoms with Crippen LogP contribution in [0.3, 0.4) is 0 Å². The van der Waals surface area contributed by atoms with Crippen LogP contribution in [-0.4, -0.2) is 15.1 Å². The lowest BCUT2D eigenvalue weighted by atomic mass is 10.2. The summed E-state index contributed by atoms with van der Waals surface area (Å²) in [6.07, 6.45) is 3.54. The van der Waals surface area contributed by atoms with Crippen LogP contribution in [0.15, 0.2) is 46.6 Å². The average Bonchev–Trinajstić information content (AvgIpc) is 2.41. The van der Waals surface area contributed by atoms with Gasteiger partial charge >= 0.3 is 0 Å². The second kappa shape index (κ2) is 6.18. The molecule has 2 rings (SSSR count). The van der Waals surface area contributed by atoms with E-state index >= 15 is 0 Å². The fourth-order valence-electron chi connectivity index (χ4n) is 1.40. The van der Waals surface area contributed by atoms with Crippen molar-refractivity contribution in [2.24, 2.45) is 0 Å². The fraction of sp³-hybridized carbons (Fsp3) is 0.231. The predicted molar refractivity (Wildman–Crippen MR) is 72.9 cm³/mol. The molecule has 2 aromatic rings. The van der Waals surface area contributed by atoms with Crippen LogP contribution in [0, 0.1) is 0 Å². The van der Waals surface area contributed by atoms with Crippen LogP contribution < -0.4 is 0 Å². The molecule has 1 atom stereocenters. The maximum Gasteiger partial charge on any atom is 0.101 e. The molecule has 0 radical (unpaired) electrons. The number of aliphatic hydroxyl groups excluding tert-OH is 1. The van der Waals surface area contributed by atoms with Crippen molar-refractivity contribution in [2.75, 3.05) is 0 Å². The molecule has 0 fully saturated rings. The molecule has 2 aromatic heterocycles. The van der Waals surface area contributed by atoms with Crippen molar-refractivity contribution in [2.45, 2.75) is 29.4 Å². The van der Waals surface area contributed by atoms with Crippen molar-refractivity contribution in [1.29, 1.82) is 0 Å². The molecule has 0 aromatic carbocycles. The van der Waals surface area contributed by atoms with Crippen LogP contribution in [0.5, 0.6) is 0 Å². The van der Waals surface area contributed by atoms with Crippen LogP contribution in [0.2, 0.25) is 5.02 Å². The van der Waals surface area contributed by atoms with E-state index in [0.717, 1.165) is 9.92 Å². The highest BCUT2D eigenvalue weighted by Gasteiger charge is 2.06. The minimum atomic E-state index is -0.488. The lowest BCUT2D eigenvalue weighted by molar-refractivity contribution is 0.169. The Balaban J connectivity index is 2.08. The van der Waals surface area contributed by atoms with Gasteiger partial charge in [0, 0.05) is 17.3 Å². The summed E-state index contributed by atoms with van der Waals surface area (Å²) in [5.41, 5.74) is 0.700. The van der Waals surface area contributed by atoms with Crippen molar-refractivity contribution in [3.63, 3.8) is 0 Å². The summed E-state index contributed by atoms with van der Waals surface area (Å²) >= 11 is 7.28. The van der Waals surface area contributed by atoms with Crippen molar-refractivity contribution in [3.8, 4) is 0 Å². The first-order valence-electron chi connectivity index (χ1n) is 5.62. The Morgan fingerprint density at radius 1 is 1.22 bits per heavy atom. The van der Waals surface area contributed by atoms with Gasteiger partial charge in [-0.15, -0.1) is 0 Å². The molecule has 1 N–H and O–H groups in total. The number of aromatic nitrogens is 2. The third-order valence-electron chi connectivity index (χ3n) is 2.41. The van der Waals surface area contributed by atoms with Crippen molar-refractivity contribution >= 4 is 23.4 Å². The quantitative estimate of drug-likeness (QED) is 0.927. The number of hydrogen-bond acceptors (Lipinski definition) is 4. The molecule has 5 heteroatoms. The van der Waals surface area contributed by atoms with Crippen molar-refractivity contribution < 1.29 is 5.11 Å². The maximum atomic E-state index is 9.64. The molecule has 3 nitrogen and oxygen atoms in total. The first kappa shape index (κ1) is 13.3. The number of halogens is 1. The molecule has 0 unspecified atom stereocenters. The van der Waals surface area contributed by atoms with Crippen LogP contribution in [0.1, 0.15) is 25.1 Å². The molecule has 0 spiro atoms. The normalized spacial score (nSPS) is 12.4. The first-order chi connectivity index (χ1) is 8.69. The lowest BCUT2D eigenvalue weighted by Gasteiger charge is -2.07. The highest BCUT2D eigenvalue weighted by Crippen LogP contribution is 2.26. The van der Waals surface area contributed by atoms with Gasteiger partial charge in [-0.1, -0.05) is 30.3 Å². The molecule has 0 aliphatic heterocycles. The van der Waals surface area contributed by atoms with Gasteiger partial charge in [0.25, 0.3) is 0 Å². The van der Waals surface area contributed by atoms with E-state index in [1.54, 1.807) is 18.5 Å². The van der Waals surface area contributed by atoms with Gasteiger partial charge in [0.05, 0.1) is 16.8 Å². The molecule has 94 valence electrons. The van der Waals surface area contributed by atoms with E-state index in [1.165, 1.54) is 11.8 Å². The molecular formula is C13H13ClN2OS. The Morgan fingerprint density at radius 3 is 2.61 bits per heavy atom. The Morgan fingerprint density at radius 2 is 2.06 bits per heavy atom. The van der Waals surface area contributed by atoms with Crippen LogP contribution in [0.4, 0.5) is 0 Å². The van der Waals surface area contributed by atoms with Gasteiger partial charge in [0.15, 0.2) is 0 Å². The highest BCUT2D eigenvalue weighted by atomic mass is 35.5. The number of hydrogen-bond donors (Lipinski definition) is 1. The Kier molecular flexibility index (Phi) is 4.58. The largest absolute Gasteiger partial charge is 0.387 e. The number of pyridine rings is 2. The van der Waals surface area contributed by atoms with E-state index in [9.17, 15) is 5.11 Å². The van der Waals surface area contributed by atoms with Gasteiger partial charge in [-0.25, -0.2) is 4.98 Å². The zero-order valence-corrected chi connectivity index (χ0v) is 11.4. The van der Waals surface area contributed by atoms with Crippen molar-refractivity contribution in [1.82, 2.24) is 9.97 Å². The third-order valence-corrected chi connectivity index (χ3v) is 3.56. The Bertz CT molecular complexity index is 501. The highest BCUT2D eigenvalue weighted by molar-refractivity contribution is 7.99. The monoisotopic (exact) mass is 280 g/mol. The summed E-state index contributed by atoms with van der Waals surface area (Å²) < 4.78 is 0. The molecule has 0 amide bonds. The van der Waals surface area contributed by atoms with Gasteiger partial charge < -0.3 is 5.11 Å². The number of nitrogens with zero attached hydrogens (tertiary/aromatic N) is 2. The van der Waals surface area contributed by atoms with Gasteiger partial charge in [0.1, 0.15) is 5.03 Å². The van der Waals surface area contributed by atoms with E-state index in [0.29, 0.717) is 17.1 Å². The zero-order chi connectivity index (χ0) is 13.0. The smallest absolute Gasteiger partial charge is 0.101 e. The first-order valence-corrected chi connectivity index (χ1v) is 6.82. The minimum Gasteiger partial charge on any atom is -0.387 e. The third kappa shape index (κ3) is 3.45. The van der Waals surface area contributed by atoms with Crippen LogP contribution >= 0.6 is 23.4 Å². The Labute approximate surface area is 115 Å². The summed E-state index contributed by atoms with van der Waals surface area (Å²) in [5, 5.41) is 11.1. The van der Waals surface area contributed by atoms with Crippen molar-refractivity contribution in [3.05, 3.63) is 47.4 Å². The number of rotatable bonds is 4. The molecule has 18 heavy (non-hydrogen) atoms. The van der Waals surface area contributed by atoms with Crippen LogP contribution in [0.25, 0.3) is 0 Å². The van der Waals surface area contributed by atoms with Gasteiger partial charge in [-0.3, -0.25) is 4.98 Å². The number of aliphatic hydroxyl groups is 1. The second-order valence-corrected chi connectivity index (χ2v) is 5.29. The molecule has 0 aliphatic carbocycles. The van der Waals surface area contributed by atoms with Gasteiger partial charge in [0.2, 0.25) is 0 Å². The fourth-order valence-corrected chi connectivity index (χ4v) is 2.24. The second-order valence-electron chi connectivity index (χ2n) is 3.76. The average molecular weight is 281 g/mol. The van der Waals surface area contributed by atoms with E-state index in [2.05, 4.69) is 9.97 Å². The van der Waals surface area contributed by atoms with E-state index < -0.39 is 6.10 Å². The van der Waals surface area contributed by atoms with E-state index in [-0.39, 0.29) is 0 Å². The van der Waals surface area contributed by atoms with Gasteiger partial charge in [-0.2, -0.15) is 0 Å². The summed E-state index contributed by atoms with van der Waals surface area (Å²) in [6.45, 7) is 1.92. The molecule has 0 saturated heterocycles. The molecular weight excluding hydrogens is 268 g/mol. The lowest BCUT2D eigenvalue weighted by Crippen LogP contribution is -1.97. The minimum absolute atomic E-state index is 0.488. The molecule has 0 bridgehead atoms.